The van der Waals surface area contributed by atoms with Crippen molar-refractivity contribution in [2.75, 3.05) is 0 Å². The third kappa shape index (κ3) is 12.0. The Morgan fingerprint density at radius 3 is 1.69 bits per heavy atom. The molecule has 4 amide bonds. The van der Waals surface area contributed by atoms with E-state index in [0.29, 0.717) is 0 Å². The smallest absolute Gasteiger partial charge is 0.343 e. The number of amides is 4. The molecule has 2 aromatic carbocycles. The predicted molar refractivity (Wildman–Crippen MR) is 148 cm³/mol. The van der Waals surface area contributed by atoms with Gasteiger partial charge >= 0.3 is 17.6 Å². The van der Waals surface area contributed by atoms with Crippen LogP contribution in [0, 0.1) is 10.1 Å². The molecule has 7 N–H and O–H groups in total. The predicted octanol–water partition coefficient (Wildman–Crippen LogP) is 1.21. The van der Waals surface area contributed by atoms with Crippen molar-refractivity contribution in [3.05, 3.63) is 64.2 Å². The van der Waals surface area contributed by atoms with Gasteiger partial charge in [-0.05, 0) is 49.6 Å². The highest BCUT2D eigenvalue weighted by atomic mass is 16.6. The quantitative estimate of drug-likeness (QED) is 0.0425. The van der Waals surface area contributed by atoms with Gasteiger partial charge in [0, 0.05) is 37.3 Å². The van der Waals surface area contributed by atoms with Gasteiger partial charge in [0.15, 0.2) is 0 Å². The summed E-state index contributed by atoms with van der Waals surface area (Å²) in [6.07, 6.45) is -2.39. The average molecular weight is 634 g/mol. The first kappa shape index (κ1) is 35.7. The van der Waals surface area contributed by atoms with Gasteiger partial charge in [-0.25, -0.2) is 21.2 Å². The van der Waals surface area contributed by atoms with Gasteiger partial charge in [-0.1, -0.05) is 12.1 Å². The summed E-state index contributed by atoms with van der Waals surface area (Å²) in [6.45, 7) is 0. The molecule has 0 fully saturated rings. The molecule has 0 atom stereocenters. The topological polar surface area (TPSA) is 273 Å². The highest BCUT2D eigenvalue weighted by Gasteiger charge is 2.33. The van der Waals surface area contributed by atoms with E-state index in [-0.39, 0.29) is 55.6 Å². The summed E-state index contributed by atoms with van der Waals surface area (Å²) in [6, 6.07) is 10.4. The molecule has 2 aromatic rings. The molecule has 45 heavy (non-hydrogen) atoms. The van der Waals surface area contributed by atoms with E-state index in [0.717, 1.165) is 0 Å². The SMILES string of the molecule is O=C(CCC(CCC(=O)NO)(CCC(=O)NO)NC(=O)CCC(=O)Oc1ccc(C(=O)Oc2ccccc2[N+](=O)[O-])cc1)NO. The highest BCUT2D eigenvalue weighted by Crippen LogP contribution is 2.28. The summed E-state index contributed by atoms with van der Waals surface area (Å²) >= 11 is 0. The molecule has 18 nitrogen and oxygen atoms in total. The fourth-order valence-electron chi connectivity index (χ4n) is 4.06. The van der Waals surface area contributed by atoms with Crippen LogP contribution in [0.1, 0.15) is 61.7 Å². The zero-order valence-corrected chi connectivity index (χ0v) is 23.6. The lowest BCUT2D eigenvalue weighted by Gasteiger charge is -2.35. The first-order valence-electron chi connectivity index (χ1n) is 13.3. The zero-order chi connectivity index (χ0) is 33.4. The summed E-state index contributed by atoms with van der Waals surface area (Å²) in [4.78, 5) is 83.1. The lowest BCUT2D eigenvalue weighted by molar-refractivity contribution is -0.385. The fourth-order valence-corrected chi connectivity index (χ4v) is 4.06. The maximum atomic E-state index is 12.8. The number of nitro groups is 1. The molecule has 0 unspecified atom stereocenters. The molecule has 0 aliphatic heterocycles. The first-order chi connectivity index (χ1) is 21.4. The maximum Gasteiger partial charge on any atom is 0.343 e. The Morgan fingerprint density at radius 2 is 1.20 bits per heavy atom. The van der Waals surface area contributed by atoms with Gasteiger partial charge in [-0.3, -0.25) is 49.7 Å². The number of esters is 2. The number of carbonyl (C=O) groups excluding carboxylic acids is 6. The van der Waals surface area contributed by atoms with Crippen molar-refractivity contribution >= 4 is 41.3 Å². The third-order valence-electron chi connectivity index (χ3n) is 6.41. The van der Waals surface area contributed by atoms with Crippen molar-refractivity contribution in [1.29, 1.82) is 0 Å². The number of ether oxygens (including phenoxy) is 2. The normalized spacial score (nSPS) is 10.6. The van der Waals surface area contributed by atoms with Crippen molar-refractivity contribution in [2.45, 2.75) is 56.9 Å². The molecule has 0 saturated heterocycles. The minimum atomic E-state index is -1.41. The van der Waals surface area contributed by atoms with Crippen LogP contribution in [-0.4, -0.2) is 61.7 Å². The largest absolute Gasteiger partial charge is 0.427 e. The van der Waals surface area contributed by atoms with E-state index in [4.69, 9.17) is 25.1 Å². The second-order valence-corrected chi connectivity index (χ2v) is 9.55. The number of hydrogen-bond acceptors (Lipinski definition) is 13. The Balaban J connectivity index is 2.03. The van der Waals surface area contributed by atoms with E-state index < -0.39 is 64.6 Å². The van der Waals surface area contributed by atoms with Crippen LogP contribution in [0.4, 0.5) is 5.69 Å². The first-order valence-corrected chi connectivity index (χ1v) is 13.3. The van der Waals surface area contributed by atoms with Crippen LogP contribution in [-0.2, 0) is 24.0 Å². The van der Waals surface area contributed by atoms with Crippen molar-refractivity contribution in [1.82, 2.24) is 21.8 Å². The maximum absolute atomic E-state index is 12.8. The lowest BCUT2D eigenvalue weighted by atomic mass is 9.83. The minimum Gasteiger partial charge on any atom is -0.427 e. The van der Waals surface area contributed by atoms with Crippen LogP contribution in [0.5, 0.6) is 11.5 Å². The molecule has 0 radical (unpaired) electrons. The number of hydroxylamine groups is 3. The number of hydrogen-bond donors (Lipinski definition) is 7. The summed E-state index contributed by atoms with van der Waals surface area (Å²) in [5, 5.41) is 40.3. The van der Waals surface area contributed by atoms with Gasteiger partial charge in [0.05, 0.1) is 16.9 Å². The van der Waals surface area contributed by atoms with Gasteiger partial charge in [0.25, 0.3) is 0 Å². The van der Waals surface area contributed by atoms with E-state index in [2.05, 4.69) is 5.32 Å². The van der Waals surface area contributed by atoms with Crippen molar-refractivity contribution in [2.24, 2.45) is 0 Å². The van der Waals surface area contributed by atoms with E-state index in [1.165, 1.54) is 65.0 Å². The van der Waals surface area contributed by atoms with E-state index >= 15 is 0 Å². The van der Waals surface area contributed by atoms with Gasteiger partial charge in [-0.15, -0.1) is 0 Å². The van der Waals surface area contributed by atoms with Crippen molar-refractivity contribution < 1.29 is 58.8 Å². The fraction of sp³-hybridized carbons (Fsp3) is 0.333. The summed E-state index contributed by atoms with van der Waals surface area (Å²) in [5.74, 6) is -5.18. The monoisotopic (exact) mass is 633 g/mol. The number of nitro benzene ring substituents is 1. The Kier molecular flexibility index (Phi) is 14.0. The zero-order valence-electron chi connectivity index (χ0n) is 23.6. The van der Waals surface area contributed by atoms with E-state index in [1.807, 2.05) is 0 Å². The number of nitrogens with one attached hydrogen (secondary N) is 4. The van der Waals surface area contributed by atoms with Crippen molar-refractivity contribution in [3.8, 4) is 11.5 Å². The molecular formula is C27H31N5O13. The third-order valence-corrected chi connectivity index (χ3v) is 6.41. The molecular weight excluding hydrogens is 602 g/mol. The Labute approximate surface area is 254 Å². The number of nitrogens with zero attached hydrogens (tertiary/aromatic N) is 1. The number of benzene rings is 2. The van der Waals surface area contributed by atoms with Gasteiger partial charge in [-0.2, -0.15) is 0 Å². The second-order valence-electron chi connectivity index (χ2n) is 9.55. The molecule has 0 saturated carbocycles. The molecule has 18 heteroatoms. The van der Waals surface area contributed by atoms with Gasteiger partial charge in [0.1, 0.15) is 5.75 Å². The molecule has 0 aliphatic carbocycles. The second kappa shape index (κ2) is 17.6. The highest BCUT2D eigenvalue weighted by molar-refractivity contribution is 5.92. The molecule has 0 spiro atoms. The van der Waals surface area contributed by atoms with Crippen LogP contribution in [0.3, 0.4) is 0 Å². The molecule has 0 aromatic heterocycles. The van der Waals surface area contributed by atoms with Crippen LogP contribution in [0.2, 0.25) is 0 Å². The summed E-state index contributed by atoms with van der Waals surface area (Å²) < 4.78 is 10.3. The van der Waals surface area contributed by atoms with Gasteiger partial charge in [0.2, 0.25) is 29.4 Å². The molecule has 0 bridgehead atoms. The van der Waals surface area contributed by atoms with E-state index in [9.17, 15) is 38.9 Å². The number of carbonyl (C=O) groups is 6. The molecule has 2 rings (SSSR count). The Hall–Kier alpha value is -5.46. The van der Waals surface area contributed by atoms with Crippen LogP contribution >= 0.6 is 0 Å². The number of para-hydroxylation sites is 2. The molecule has 242 valence electrons. The molecule has 0 heterocycles. The average Bonchev–Trinajstić information content (AvgIpc) is 3.04. The standard InChI is InChI=1S/C27H31N5O13/c33-21(28-27(14-11-22(34)29-39,15-12-23(35)30-40)16-13-24(36)31-41)9-10-25(37)44-18-7-5-17(6-8-18)26(38)45-20-4-2-1-3-19(20)32(42)43/h1-8,39-41H,9-16H2,(H,28,33)(H,29,34)(H,30,35)(H,31,36). The summed E-state index contributed by atoms with van der Waals surface area (Å²) in [5.41, 5.74) is 2.49. The minimum absolute atomic E-state index is 0.00306. The van der Waals surface area contributed by atoms with Crippen LogP contribution < -0.4 is 31.2 Å². The van der Waals surface area contributed by atoms with Crippen LogP contribution in [0.15, 0.2) is 48.5 Å². The number of rotatable bonds is 17. The summed E-state index contributed by atoms with van der Waals surface area (Å²) in [7, 11) is 0. The Morgan fingerprint density at radius 1 is 0.689 bits per heavy atom. The molecule has 0 aliphatic rings. The lowest BCUT2D eigenvalue weighted by Crippen LogP contribution is -2.50. The van der Waals surface area contributed by atoms with Crippen molar-refractivity contribution in [3.63, 3.8) is 0 Å². The Bertz CT molecular complexity index is 1350. The van der Waals surface area contributed by atoms with E-state index in [1.54, 1.807) is 0 Å². The van der Waals surface area contributed by atoms with Gasteiger partial charge < -0.3 is 14.8 Å². The van der Waals surface area contributed by atoms with Crippen LogP contribution in [0.25, 0.3) is 0 Å².